The molecule has 2 rings (SSSR count). The molecule has 0 spiro atoms. The number of rotatable bonds is 8. The van der Waals surface area contributed by atoms with Crippen molar-refractivity contribution in [3.63, 3.8) is 0 Å². The summed E-state index contributed by atoms with van der Waals surface area (Å²) in [6.07, 6.45) is 1.91. The Morgan fingerprint density at radius 1 is 1.36 bits per heavy atom. The fourth-order valence-corrected chi connectivity index (χ4v) is 2.24. The van der Waals surface area contributed by atoms with Gasteiger partial charge in [-0.05, 0) is 30.5 Å². The van der Waals surface area contributed by atoms with Crippen molar-refractivity contribution in [2.24, 2.45) is 11.7 Å². The van der Waals surface area contributed by atoms with Crippen LogP contribution in [0.5, 0.6) is 0 Å². The largest absolute Gasteiger partial charge is 0.381 e. The second-order valence-corrected chi connectivity index (χ2v) is 5.32. The van der Waals surface area contributed by atoms with Crippen molar-refractivity contribution in [2.45, 2.75) is 19.4 Å². The standard InChI is InChI=1S/C16H24N2O3.ClH/c17-10-13-2-4-15(5-3-13)16(19)18-7-1-8-20-11-14-6-9-21-12-14;/h2-5,14H,1,6-12,17H2,(H,18,19);1H. The topological polar surface area (TPSA) is 73.6 Å². The van der Waals surface area contributed by atoms with Gasteiger partial charge in [0.15, 0.2) is 0 Å². The molecule has 0 aromatic heterocycles. The van der Waals surface area contributed by atoms with Gasteiger partial charge >= 0.3 is 0 Å². The van der Waals surface area contributed by atoms with Gasteiger partial charge in [0, 0.05) is 37.8 Å². The number of amides is 1. The lowest BCUT2D eigenvalue weighted by molar-refractivity contribution is 0.0853. The summed E-state index contributed by atoms with van der Waals surface area (Å²) in [7, 11) is 0. The summed E-state index contributed by atoms with van der Waals surface area (Å²) < 4.78 is 10.9. The van der Waals surface area contributed by atoms with E-state index >= 15 is 0 Å². The lowest BCUT2D eigenvalue weighted by atomic mass is 10.1. The van der Waals surface area contributed by atoms with Crippen LogP contribution in [0.2, 0.25) is 0 Å². The minimum atomic E-state index is -0.0530. The second kappa shape index (κ2) is 10.6. The Bertz CT molecular complexity index is 434. The van der Waals surface area contributed by atoms with Gasteiger partial charge in [0.25, 0.3) is 5.91 Å². The van der Waals surface area contributed by atoms with Gasteiger partial charge in [-0.15, -0.1) is 12.4 Å². The molecule has 0 bridgehead atoms. The first-order valence-electron chi connectivity index (χ1n) is 7.52. The average molecular weight is 329 g/mol. The summed E-state index contributed by atoms with van der Waals surface area (Å²) in [6, 6.07) is 7.35. The van der Waals surface area contributed by atoms with E-state index in [1.54, 1.807) is 12.1 Å². The van der Waals surface area contributed by atoms with Gasteiger partial charge in [0.1, 0.15) is 0 Å². The summed E-state index contributed by atoms with van der Waals surface area (Å²) in [5.74, 6) is 0.489. The predicted octanol–water partition coefficient (Wildman–Crippen LogP) is 1.74. The van der Waals surface area contributed by atoms with E-state index in [4.69, 9.17) is 15.2 Å². The highest BCUT2D eigenvalue weighted by molar-refractivity contribution is 5.94. The van der Waals surface area contributed by atoms with E-state index in [0.29, 0.717) is 31.2 Å². The number of halogens is 1. The zero-order valence-corrected chi connectivity index (χ0v) is 13.6. The first-order valence-corrected chi connectivity index (χ1v) is 7.52. The minimum absolute atomic E-state index is 0. The van der Waals surface area contributed by atoms with Crippen molar-refractivity contribution < 1.29 is 14.3 Å². The number of nitrogens with two attached hydrogens (primary N) is 1. The van der Waals surface area contributed by atoms with Crippen LogP contribution in [0, 0.1) is 5.92 Å². The van der Waals surface area contributed by atoms with E-state index in [2.05, 4.69) is 5.32 Å². The summed E-state index contributed by atoms with van der Waals surface area (Å²) in [4.78, 5) is 11.9. The quantitative estimate of drug-likeness (QED) is 0.713. The predicted molar refractivity (Wildman–Crippen MR) is 88.3 cm³/mol. The number of benzene rings is 1. The maximum absolute atomic E-state index is 11.9. The molecule has 0 saturated carbocycles. The van der Waals surface area contributed by atoms with Gasteiger partial charge in [0.2, 0.25) is 0 Å². The van der Waals surface area contributed by atoms with Crippen LogP contribution in [0.3, 0.4) is 0 Å². The zero-order chi connectivity index (χ0) is 14.9. The normalized spacial score (nSPS) is 17.0. The van der Waals surface area contributed by atoms with Crippen LogP contribution in [-0.2, 0) is 16.0 Å². The molecule has 1 fully saturated rings. The SMILES string of the molecule is Cl.NCc1ccc(C(=O)NCCCOCC2CCOC2)cc1. The molecule has 0 aliphatic carbocycles. The molecule has 1 unspecified atom stereocenters. The van der Waals surface area contributed by atoms with Crippen LogP contribution in [0.25, 0.3) is 0 Å². The molecule has 1 saturated heterocycles. The van der Waals surface area contributed by atoms with E-state index in [1.807, 2.05) is 12.1 Å². The van der Waals surface area contributed by atoms with E-state index in [0.717, 1.165) is 38.2 Å². The summed E-state index contributed by atoms with van der Waals surface area (Å²) in [5.41, 5.74) is 7.21. The monoisotopic (exact) mass is 328 g/mol. The maximum Gasteiger partial charge on any atom is 0.251 e. The van der Waals surface area contributed by atoms with Crippen molar-refractivity contribution in [3.05, 3.63) is 35.4 Å². The number of hydrogen-bond acceptors (Lipinski definition) is 4. The molecule has 3 N–H and O–H groups in total. The molecular weight excluding hydrogens is 304 g/mol. The van der Waals surface area contributed by atoms with Crippen LogP contribution in [0.4, 0.5) is 0 Å². The van der Waals surface area contributed by atoms with Gasteiger partial charge in [-0.3, -0.25) is 4.79 Å². The van der Waals surface area contributed by atoms with Crippen molar-refractivity contribution in [2.75, 3.05) is 33.0 Å². The molecular formula is C16H25ClN2O3. The van der Waals surface area contributed by atoms with Crippen LogP contribution < -0.4 is 11.1 Å². The smallest absolute Gasteiger partial charge is 0.251 e. The number of hydrogen-bond donors (Lipinski definition) is 2. The van der Waals surface area contributed by atoms with Crippen molar-refractivity contribution in [1.29, 1.82) is 0 Å². The third kappa shape index (κ3) is 6.32. The van der Waals surface area contributed by atoms with Crippen LogP contribution in [0.15, 0.2) is 24.3 Å². The van der Waals surface area contributed by atoms with Gasteiger partial charge in [-0.25, -0.2) is 0 Å². The van der Waals surface area contributed by atoms with Gasteiger partial charge in [-0.2, -0.15) is 0 Å². The fourth-order valence-electron chi connectivity index (χ4n) is 2.24. The fraction of sp³-hybridized carbons (Fsp3) is 0.562. The Balaban J connectivity index is 0.00000242. The Hall–Kier alpha value is -1.14. The molecule has 1 amide bonds. The third-order valence-corrected chi connectivity index (χ3v) is 3.58. The Morgan fingerprint density at radius 3 is 2.77 bits per heavy atom. The minimum Gasteiger partial charge on any atom is -0.381 e. The van der Waals surface area contributed by atoms with Gasteiger partial charge < -0.3 is 20.5 Å². The number of carbonyl (C=O) groups excluding carboxylic acids is 1. The molecule has 1 aromatic carbocycles. The highest BCUT2D eigenvalue weighted by atomic mass is 35.5. The van der Waals surface area contributed by atoms with Gasteiger partial charge in [0.05, 0.1) is 13.2 Å². The van der Waals surface area contributed by atoms with Crippen LogP contribution in [-0.4, -0.2) is 38.9 Å². The zero-order valence-electron chi connectivity index (χ0n) is 12.8. The molecule has 1 aliphatic rings. The Morgan fingerprint density at radius 2 is 2.14 bits per heavy atom. The second-order valence-electron chi connectivity index (χ2n) is 5.32. The number of carbonyl (C=O) groups is 1. The molecule has 1 atom stereocenters. The molecule has 1 heterocycles. The highest BCUT2D eigenvalue weighted by Gasteiger charge is 2.15. The van der Waals surface area contributed by atoms with E-state index in [1.165, 1.54) is 0 Å². The maximum atomic E-state index is 11.9. The van der Waals surface area contributed by atoms with Crippen LogP contribution in [0.1, 0.15) is 28.8 Å². The Kier molecular flexibility index (Phi) is 9.08. The van der Waals surface area contributed by atoms with E-state index < -0.39 is 0 Å². The lowest BCUT2D eigenvalue weighted by Gasteiger charge is -2.09. The van der Waals surface area contributed by atoms with Crippen molar-refractivity contribution >= 4 is 18.3 Å². The first-order chi connectivity index (χ1) is 10.3. The molecule has 22 heavy (non-hydrogen) atoms. The molecule has 1 aliphatic heterocycles. The number of nitrogens with one attached hydrogen (secondary N) is 1. The van der Waals surface area contributed by atoms with E-state index in [9.17, 15) is 4.79 Å². The first kappa shape index (κ1) is 18.9. The van der Waals surface area contributed by atoms with E-state index in [-0.39, 0.29) is 18.3 Å². The highest BCUT2D eigenvalue weighted by Crippen LogP contribution is 2.12. The van der Waals surface area contributed by atoms with Gasteiger partial charge in [-0.1, -0.05) is 12.1 Å². The van der Waals surface area contributed by atoms with Crippen LogP contribution >= 0.6 is 12.4 Å². The average Bonchev–Trinajstić information content (AvgIpc) is 3.04. The summed E-state index contributed by atoms with van der Waals surface area (Å²) in [5, 5.41) is 2.89. The van der Waals surface area contributed by atoms with Crippen molar-refractivity contribution in [1.82, 2.24) is 5.32 Å². The Labute approximate surface area is 138 Å². The molecule has 6 heteroatoms. The number of ether oxygens (including phenoxy) is 2. The molecule has 1 aromatic rings. The molecule has 5 nitrogen and oxygen atoms in total. The summed E-state index contributed by atoms with van der Waals surface area (Å²) >= 11 is 0. The molecule has 0 radical (unpaired) electrons. The lowest BCUT2D eigenvalue weighted by Crippen LogP contribution is -2.25. The summed E-state index contributed by atoms with van der Waals surface area (Å²) in [6.45, 7) is 4.21. The third-order valence-electron chi connectivity index (χ3n) is 3.58. The molecule has 124 valence electrons. The van der Waals surface area contributed by atoms with Crippen molar-refractivity contribution in [3.8, 4) is 0 Å².